The van der Waals surface area contributed by atoms with Gasteiger partial charge in [-0.25, -0.2) is 0 Å². The van der Waals surface area contributed by atoms with Crippen molar-refractivity contribution in [2.75, 3.05) is 12.3 Å². The number of carbonyl (C=O) groups excluding carboxylic acids is 4. The van der Waals surface area contributed by atoms with Gasteiger partial charge < -0.3 is 16.0 Å². The van der Waals surface area contributed by atoms with Crippen LogP contribution in [0.5, 0.6) is 0 Å². The minimum Gasteiger partial charge on any atom is -0.350 e. The summed E-state index contributed by atoms with van der Waals surface area (Å²) >= 11 is 7.97. The van der Waals surface area contributed by atoms with E-state index in [0.717, 1.165) is 24.8 Å². The Morgan fingerprint density at radius 3 is 2.40 bits per heavy atom. The number of benzene rings is 1. The third kappa shape index (κ3) is 10.2. The largest absolute Gasteiger partial charge is 0.350 e. The summed E-state index contributed by atoms with van der Waals surface area (Å²) in [6.07, 6.45) is 5.94. The number of rotatable bonds is 14. The fourth-order valence-electron chi connectivity index (χ4n) is 4.04. The lowest BCUT2D eigenvalue weighted by Crippen LogP contribution is -2.56. The van der Waals surface area contributed by atoms with Crippen molar-refractivity contribution in [1.29, 1.82) is 0 Å². The van der Waals surface area contributed by atoms with Gasteiger partial charge in [0, 0.05) is 29.7 Å². The van der Waals surface area contributed by atoms with Crippen molar-refractivity contribution in [1.82, 2.24) is 16.0 Å². The smallest absolute Gasteiger partial charge is 0.289 e. The molecule has 1 aliphatic heterocycles. The maximum Gasteiger partial charge on any atom is 0.289 e. The lowest BCUT2D eigenvalue weighted by molar-refractivity contribution is -0.140. The molecule has 0 bridgehead atoms. The Bertz CT molecular complexity index is 857. The summed E-state index contributed by atoms with van der Waals surface area (Å²) in [6, 6.07) is 5.01. The van der Waals surface area contributed by atoms with E-state index in [4.69, 9.17) is 11.6 Å². The standard InChI is InChI=1S/C26H38ClN3O4S/c1-4-28-26(34)24(32)21(16-18-11-13-19(27)14-12-18)29-25(33)23(17(2)3)30-22(31)10-6-5-8-20-9-7-15-35-20/h11-14,17,20-21,23H,4-10,15-16H2,1-3H3,(H,28,34)(H,29,33)(H,30,31). The highest BCUT2D eigenvalue weighted by Gasteiger charge is 2.31. The minimum atomic E-state index is -1.06. The minimum absolute atomic E-state index is 0.136. The molecule has 1 heterocycles. The van der Waals surface area contributed by atoms with Crippen LogP contribution in [0.1, 0.15) is 64.9 Å². The number of nitrogens with one attached hydrogen (secondary N) is 3. The summed E-state index contributed by atoms with van der Waals surface area (Å²) in [5.74, 6) is -1.09. The van der Waals surface area contributed by atoms with Crippen LogP contribution in [0.2, 0.25) is 5.02 Å². The third-order valence-corrected chi connectivity index (χ3v) is 7.74. The molecule has 0 radical (unpaired) electrons. The second kappa shape index (κ2) is 15.1. The molecule has 1 saturated heterocycles. The molecule has 2 rings (SSSR count). The van der Waals surface area contributed by atoms with E-state index in [2.05, 4.69) is 16.0 Å². The second-order valence-corrected chi connectivity index (χ2v) is 11.1. The van der Waals surface area contributed by atoms with E-state index in [-0.39, 0.29) is 18.2 Å². The number of thioether (sulfide) groups is 1. The van der Waals surface area contributed by atoms with Crippen molar-refractivity contribution in [2.24, 2.45) is 5.92 Å². The molecular formula is C26H38ClN3O4S. The van der Waals surface area contributed by atoms with E-state index in [1.807, 2.05) is 25.6 Å². The first-order chi connectivity index (χ1) is 16.7. The van der Waals surface area contributed by atoms with Crippen LogP contribution in [0.25, 0.3) is 0 Å². The van der Waals surface area contributed by atoms with Crippen molar-refractivity contribution in [3.63, 3.8) is 0 Å². The molecule has 194 valence electrons. The van der Waals surface area contributed by atoms with Gasteiger partial charge in [-0.1, -0.05) is 44.0 Å². The van der Waals surface area contributed by atoms with Crippen LogP contribution < -0.4 is 16.0 Å². The van der Waals surface area contributed by atoms with Crippen LogP contribution >= 0.6 is 23.4 Å². The van der Waals surface area contributed by atoms with Crippen LogP contribution in [0.4, 0.5) is 0 Å². The Kier molecular flexibility index (Phi) is 12.6. The summed E-state index contributed by atoms with van der Waals surface area (Å²) < 4.78 is 0. The molecule has 35 heavy (non-hydrogen) atoms. The zero-order valence-electron chi connectivity index (χ0n) is 20.9. The van der Waals surface area contributed by atoms with Gasteiger partial charge in [0.05, 0.1) is 0 Å². The summed E-state index contributed by atoms with van der Waals surface area (Å²) in [5, 5.41) is 9.30. The van der Waals surface area contributed by atoms with E-state index >= 15 is 0 Å². The van der Waals surface area contributed by atoms with Gasteiger partial charge in [0.25, 0.3) is 5.91 Å². The van der Waals surface area contributed by atoms with Gasteiger partial charge in [-0.3, -0.25) is 19.2 Å². The molecule has 0 aliphatic carbocycles. The number of Topliss-reactive ketones (excluding diaryl/α,β-unsaturated/α-hetero) is 1. The van der Waals surface area contributed by atoms with Gasteiger partial charge in [-0.2, -0.15) is 11.8 Å². The van der Waals surface area contributed by atoms with Gasteiger partial charge in [0.2, 0.25) is 17.6 Å². The molecule has 3 N–H and O–H groups in total. The molecule has 1 fully saturated rings. The van der Waals surface area contributed by atoms with Gasteiger partial charge >= 0.3 is 0 Å². The third-order valence-electron chi connectivity index (χ3n) is 6.02. The first kappa shape index (κ1) is 29.2. The molecule has 0 saturated carbocycles. The lowest BCUT2D eigenvalue weighted by atomic mass is 9.98. The van der Waals surface area contributed by atoms with Crippen molar-refractivity contribution in [3.8, 4) is 0 Å². The Morgan fingerprint density at radius 2 is 1.80 bits per heavy atom. The first-order valence-corrected chi connectivity index (χ1v) is 13.9. The van der Waals surface area contributed by atoms with E-state index in [9.17, 15) is 19.2 Å². The fraction of sp³-hybridized carbons (Fsp3) is 0.615. The monoisotopic (exact) mass is 523 g/mol. The first-order valence-electron chi connectivity index (χ1n) is 12.5. The number of ketones is 1. The van der Waals surface area contributed by atoms with Crippen LogP contribution in [0.3, 0.4) is 0 Å². The van der Waals surface area contributed by atoms with Crippen molar-refractivity contribution in [3.05, 3.63) is 34.9 Å². The molecule has 0 spiro atoms. The predicted molar refractivity (Wildman–Crippen MR) is 141 cm³/mol. The Balaban J connectivity index is 1.98. The van der Waals surface area contributed by atoms with E-state index in [0.29, 0.717) is 23.2 Å². The zero-order valence-corrected chi connectivity index (χ0v) is 22.5. The second-order valence-electron chi connectivity index (χ2n) is 9.29. The average Bonchev–Trinajstić information content (AvgIpc) is 3.34. The molecule has 3 unspecified atom stereocenters. The van der Waals surface area contributed by atoms with Gasteiger partial charge in [-0.15, -0.1) is 0 Å². The molecule has 3 atom stereocenters. The van der Waals surface area contributed by atoms with Gasteiger partial charge in [0.1, 0.15) is 12.1 Å². The Labute approximate surface area is 217 Å². The normalized spacial score (nSPS) is 17.0. The number of amides is 3. The maximum atomic E-state index is 13.1. The van der Waals surface area contributed by atoms with Crippen molar-refractivity contribution < 1.29 is 19.2 Å². The lowest BCUT2D eigenvalue weighted by Gasteiger charge is -2.25. The highest BCUT2D eigenvalue weighted by molar-refractivity contribution is 8.00. The molecule has 9 heteroatoms. The Hall–Kier alpha value is -2.06. The summed E-state index contributed by atoms with van der Waals surface area (Å²) in [6.45, 7) is 5.69. The van der Waals surface area contributed by atoms with Crippen molar-refractivity contribution in [2.45, 2.75) is 83.1 Å². The fourth-order valence-corrected chi connectivity index (χ4v) is 5.50. The SMILES string of the molecule is CCNC(=O)C(=O)C(Cc1ccc(Cl)cc1)NC(=O)C(NC(=O)CCCCC1CCCS1)C(C)C. The highest BCUT2D eigenvalue weighted by atomic mass is 35.5. The number of unbranched alkanes of at least 4 members (excludes halogenated alkanes) is 1. The number of likely N-dealkylation sites (N-methyl/N-ethyl adjacent to an activating group) is 1. The van der Waals surface area contributed by atoms with Crippen LogP contribution in [-0.2, 0) is 25.6 Å². The molecular weight excluding hydrogens is 486 g/mol. The summed E-state index contributed by atoms with van der Waals surface area (Å²) in [7, 11) is 0. The predicted octanol–water partition coefficient (Wildman–Crippen LogP) is 3.67. The highest BCUT2D eigenvalue weighted by Crippen LogP contribution is 2.30. The maximum absolute atomic E-state index is 13.1. The van der Waals surface area contributed by atoms with Crippen LogP contribution in [0.15, 0.2) is 24.3 Å². The zero-order chi connectivity index (χ0) is 25.8. The average molecular weight is 524 g/mol. The Morgan fingerprint density at radius 1 is 1.09 bits per heavy atom. The number of hydrogen-bond acceptors (Lipinski definition) is 5. The van der Waals surface area contributed by atoms with E-state index in [1.54, 1.807) is 31.2 Å². The van der Waals surface area contributed by atoms with E-state index in [1.165, 1.54) is 18.6 Å². The molecule has 1 aromatic carbocycles. The van der Waals surface area contributed by atoms with Crippen LogP contribution in [0, 0.1) is 5.92 Å². The number of halogens is 1. The number of carbonyl (C=O) groups is 4. The number of hydrogen-bond donors (Lipinski definition) is 3. The molecule has 3 amide bonds. The molecule has 1 aliphatic rings. The quantitative estimate of drug-likeness (QED) is 0.255. The summed E-state index contributed by atoms with van der Waals surface area (Å²) in [4.78, 5) is 50.7. The van der Waals surface area contributed by atoms with Crippen molar-refractivity contribution >= 4 is 46.9 Å². The summed E-state index contributed by atoms with van der Waals surface area (Å²) in [5.41, 5.74) is 0.753. The van der Waals surface area contributed by atoms with E-state index < -0.39 is 29.7 Å². The van der Waals surface area contributed by atoms with Gasteiger partial charge in [0.15, 0.2) is 0 Å². The topological polar surface area (TPSA) is 104 Å². The van der Waals surface area contributed by atoms with Gasteiger partial charge in [-0.05, 0) is 62.0 Å². The molecule has 0 aromatic heterocycles. The molecule has 1 aromatic rings. The molecule has 7 nitrogen and oxygen atoms in total. The van der Waals surface area contributed by atoms with Crippen LogP contribution in [-0.4, -0.2) is 53.1 Å².